The molecule has 0 bridgehead atoms. The summed E-state index contributed by atoms with van der Waals surface area (Å²) in [6.07, 6.45) is 0. The molecule has 0 unspecified atom stereocenters. The van der Waals surface area contributed by atoms with Crippen molar-refractivity contribution in [1.82, 2.24) is 9.97 Å². The number of benzene rings is 2. The summed E-state index contributed by atoms with van der Waals surface area (Å²) in [4.78, 5) is 21.6. The van der Waals surface area contributed by atoms with Gasteiger partial charge in [0.1, 0.15) is 18.1 Å². The first-order valence-electron chi connectivity index (χ1n) is 7.40. The van der Waals surface area contributed by atoms with Gasteiger partial charge in [0.05, 0.1) is 24.0 Å². The third kappa shape index (κ3) is 2.39. The molecule has 0 atom stereocenters. The van der Waals surface area contributed by atoms with Crippen molar-refractivity contribution < 1.29 is 9.53 Å². The molecule has 0 fully saturated rings. The van der Waals surface area contributed by atoms with Crippen LogP contribution in [0.2, 0.25) is 0 Å². The quantitative estimate of drug-likeness (QED) is 0.701. The predicted molar refractivity (Wildman–Crippen MR) is 95.6 cm³/mol. The molecule has 0 spiro atoms. The molecule has 1 aliphatic heterocycles. The summed E-state index contributed by atoms with van der Waals surface area (Å²) in [6.45, 7) is 0.176. The van der Waals surface area contributed by atoms with Gasteiger partial charge in [0.2, 0.25) is 5.91 Å². The number of rotatable bonds is 2. The number of amides is 1. The Bertz CT molecular complexity index is 1010. The SMILES string of the molecule is COc1ccc2c(c1)NC(=O)CN2c1nc(=S)[nH]c2ccccc12. The lowest BCUT2D eigenvalue weighted by Gasteiger charge is -2.30. The average Bonchev–Trinajstić information content (AvgIpc) is 2.59. The zero-order valence-electron chi connectivity index (χ0n) is 12.9. The van der Waals surface area contributed by atoms with Gasteiger partial charge in [0, 0.05) is 11.5 Å². The first-order valence-corrected chi connectivity index (χ1v) is 7.81. The maximum atomic E-state index is 12.2. The molecule has 2 heterocycles. The van der Waals surface area contributed by atoms with Gasteiger partial charge in [-0.2, -0.15) is 0 Å². The molecule has 4 rings (SSSR count). The van der Waals surface area contributed by atoms with Crippen molar-refractivity contribution in [2.24, 2.45) is 0 Å². The smallest absolute Gasteiger partial charge is 0.244 e. The molecule has 0 saturated heterocycles. The lowest BCUT2D eigenvalue weighted by molar-refractivity contribution is -0.115. The normalized spacial score (nSPS) is 13.5. The summed E-state index contributed by atoms with van der Waals surface area (Å²) < 4.78 is 5.62. The highest BCUT2D eigenvalue weighted by Gasteiger charge is 2.26. The number of anilines is 3. The largest absolute Gasteiger partial charge is 0.497 e. The second-order valence-electron chi connectivity index (χ2n) is 5.43. The number of nitrogens with one attached hydrogen (secondary N) is 2. The van der Waals surface area contributed by atoms with Gasteiger partial charge in [0.25, 0.3) is 0 Å². The monoisotopic (exact) mass is 338 g/mol. The third-order valence-electron chi connectivity index (χ3n) is 3.94. The van der Waals surface area contributed by atoms with Crippen LogP contribution in [0.3, 0.4) is 0 Å². The summed E-state index contributed by atoms with van der Waals surface area (Å²) in [6, 6.07) is 13.3. The second-order valence-corrected chi connectivity index (χ2v) is 5.82. The fourth-order valence-electron chi connectivity index (χ4n) is 2.88. The van der Waals surface area contributed by atoms with Gasteiger partial charge < -0.3 is 19.9 Å². The molecule has 0 aliphatic carbocycles. The summed E-state index contributed by atoms with van der Waals surface area (Å²) in [5.41, 5.74) is 2.43. The van der Waals surface area contributed by atoms with Crippen LogP contribution in [0.4, 0.5) is 17.2 Å². The van der Waals surface area contributed by atoms with Crippen molar-refractivity contribution in [2.45, 2.75) is 0 Å². The molecular weight excluding hydrogens is 324 g/mol. The number of hydrogen-bond acceptors (Lipinski definition) is 5. The highest BCUT2D eigenvalue weighted by Crippen LogP contribution is 2.38. The van der Waals surface area contributed by atoms with Gasteiger partial charge in [0.15, 0.2) is 4.77 Å². The van der Waals surface area contributed by atoms with E-state index in [1.165, 1.54) is 0 Å². The molecule has 1 aliphatic rings. The van der Waals surface area contributed by atoms with E-state index in [1.807, 2.05) is 41.3 Å². The number of carbonyl (C=O) groups excluding carboxylic acids is 1. The van der Waals surface area contributed by atoms with Gasteiger partial charge in [-0.1, -0.05) is 12.1 Å². The molecule has 120 valence electrons. The summed E-state index contributed by atoms with van der Waals surface area (Å²) in [5, 5.41) is 3.78. The van der Waals surface area contributed by atoms with Gasteiger partial charge in [-0.3, -0.25) is 4.79 Å². The fraction of sp³-hybridized carbons (Fsp3) is 0.118. The van der Waals surface area contributed by atoms with Crippen LogP contribution < -0.4 is 15.0 Å². The predicted octanol–water partition coefficient (Wildman–Crippen LogP) is 3.39. The Balaban J connectivity index is 1.95. The Morgan fingerprint density at radius 1 is 1.25 bits per heavy atom. The van der Waals surface area contributed by atoms with Gasteiger partial charge in [-0.05, 0) is 36.5 Å². The number of aromatic nitrogens is 2. The molecular formula is C17H14N4O2S. The van der Waals surface area contributed by atoms with E-state index < -0.39 is 0 Å². The highest BCUT2D eigenvalue weighted by molar-refractivity contribution is 7.71. The molecule has 7 heteroatoms. The van der Waals surface area contributed by atoms with Gasteiger partial charge in [-0.25, -0.2) is 4.98 Å². The van der Waals surface area contributed by atoms with Gasteiger partial charge >= 0.3 is 0 Å². The van der Waals surface area contributed by atoms with E-state index in [0.717, 1.165) is 16.6 Å². The van der Waals surface area contributed by atoms with E-state index in [4.69, 9.17) is 17.0 Å². The second kappa shape index (κ2) is 5.61. The van der Waals surface area contributed by atoms with Crippen LogP contribution in [0.15, 0.2) is 42.5 Å². The lowest BCUT2D eigenvalue weighted by Crippen LogP contribution is -2.35. The molecule has 1 amide bonds. The number of hydrogen-bond donors (Lipinski definition) is 2. The minimum absolute atomic E-state index is 0.111. The van der Waals surface area contributed by atoms with E-state index in [1.54, 1.807) is 13.2 Å². The third-order valence-corrected chi connectivity index (χ3v) is 4.14. The molecule has 0 radical (unpaired) electrons. The van der Waals surface area contributed by atoms with E-state index in [9.17, 15) is 4.79 Å². The van der Waals surface area contributed by atoms with Gasteiger partial charge in [-0.15, -0.1) is 0 Å². The number of H-pyrrole nitrogens is 1. The Kier molecular flexibility index (Phi) is 3.42. The lowest BCUT2D eigenvalue weighted by atomic mass is 10.1. The number of carbonyl (C=O) groups is 1. The minimum atomic E-state index is -0.111. The van der Waals surface area contributed by atoms with E-state index in [2.05, 4.69) is 15.3 Å². The van der Waals surface area contributed by atoms with Crippen molar-refractivity contribution in [3.63, 3.8) is 0 Å². The van der Waals surface area contributed by atoms with Crippen LogP contribution in [-0.2, 0) is 4.79 Å². The Morgan fingerprint density at radius 2 is 2.08 bits per heavy atom. The first kappa shape index (κ1) is 14.6. The Hall–Kier alpha value is -2.93. The topological polar surface area (TPSA) is 70.2 Å². The molecule has 3 aromatic rings. The zero-order valence-corrected chi connectivity index (χ0v) is 13.7. The van der Waals surface area contributed by atoms with Crippen LogP contribution >= 0.6 is 12.2 Å². The van der Waals surface area contributed by atoms with Crippen molar-refractivity contribution in [1.29, 1.82) is 0 Å². The Morgan fingerprint density at radius 3 is 2.92 bits per heavy atom. The van der Waals surface area contributed by atoms with Crippen LogP contribution in [0, 0.1) is 4.77 Å². The molecule has 2 N–H and O–H groups in total. The number of aromatic amines is 1. The highest BCUT2D eigenvalue weighted by atomic mass is 32.1. The first-order chi connectivity index (χ1) is 11.7. The molecule has 24 heavy (non-hydrogen) atoms. The van der Waals surface area contributed by atoms with Crippen molar-refractivity contribution in [3.8, 4) is 5.75 Å². The van der Waals surface area contributed by atoms with Crippen LogP contribution in [0.25, 0.3) is 10.9 Å². The number of para-hydroxylation sites is 1. The van der Waals surface area contributed by atoms with E-state index in [0.29, 0.717) is 22.0 Å². The zero-order chi connectivity index (χ0) is 16.7. The van der Waals surface area contributed by atoms with Crippen molar-refractivity contribution in [2.75, 3.05) is 23.9 Å². The maximum Gasteiger partial charge on any atom is 0.244 e. The summed E-state index contributed by atoms with van der Waals surface area (Å²) >= 11 is 5.25. The number of nitrogens with zero attached hydrogens (tertiary/aromatic N) is 2. The van der Waals surface area contributed by atoms with E-state index >= 15 is 0 Å². The van der Waals surface area contributed by atoms with E-state index in [-0.39, 0.29) is 12.5 Å². The average molecular weight is 338 g/mol. The van der Waals surface area contributed by atoms with Crippen molar-refractivity contribution in [3.05, 3.63) is 47.2 Å². The fourth-order valence-corrected chi connectivity index (χ4v) is 3.07. The molecule has 0 saturated carbocycles. The molecule has 1 aromatic heterocycles. The number of fused-ring (bicyclic) bond motifs is 2. The maximum absolute atomic E-state index is 12.2. The molecule has 2 aromatic carbocycles. The number of ether oxygens (including phenoxy) is 1. The molecule has 6 nitrogen and oxygen atoms in total. The Labute approximate surface area is 143 Å². The standard InChI is InChI=1S/C17H14N4O2S/c1-23-10-6-7-14-13(8-10)18-15(22)9-21(14)16-11-4-2-3-5-12(11)19-17(24)20-16/h2-8H,9H2,1H3,(H,18,22)(H,19,20,24). The number of methoxy groups -OCH3 is 1. The summed E-state index contributed by atoms with van der Waals surface area (Å²) in [7, 11) is 1.59. The minimum Gasteiger partial charge on any atom is -0.497 e. The van der Waals surface area contributed by atoms with Crippen LogP contribution in [0.5, 0.6) is 5.75 Å². The van der Waals surface area contributed by atoms with Crippen LogP contribution in [-0.4, -0.2) is 29.5 Å². The summed E-state index contributed by atoms with van der Waals surface area (Å²) in [5.74, 6) is 1.23. The van der Waals surface area contributed by atoms with Crippen LogP contribution in [0.1, 0.15) is 0 Å². The van der Waals surface area contributed by atoms with Crippen molar-refractivity contribution >= 4 is 46.2 Å².